The van der Waals surface area contributed by atoms with E-state index in [4.69, 9.17) is 4.74 Å². The van der Waals surface area contributed by atoms with Crippen LogP contribution in [0.5, 0.6) is 0 Å². The number of fused-ring (bicyclic) bond motifs is 1. The highest BCUT2D eigenvalue weighted by molar-refractivity contribution is 5.82. The van der Waals surface area contributed by atoms with E-state index in [9.17, 15) is 4.79 Å². The number of benzene rings is 1. The maximum Gasteiger partial charge on any atom is 0.222 e. The van der Waals surface area contributed by atoms with Crippen LogP contribution in [0.3, 0.4) is 0 Å². The minimum absolute atomic E-state index is 0.0494. The third-order valence-electron chi connectivity index (χ3n) is 5.27. The molecule has 0 saturated carbocycles. The Morgan fingerprint density at radius 2 is 2.11 bits per heavy atom. The average Bonchev–Trinajstić information content (AvgIpc) is 3.29. The van der Waals surface area contributed by atoms with E-state index in [0.29, 0.717) is 26.2 Å². The molecule has 1 aliphatic rings. The Morgan fingerprint density at radius 3 is 2.96 bits per heavy atom. The molecule has 1 amide bonds. The number of aryl methyl sites for hydroxylation is 2. The van der Waals surface area contributed by atoms with E-state index in [1.807, 2.05) is 42.1 Å². The maximum atomic E-state index is 12.4. The SMILES string of the molecule is Cc1nccn1CCC(=O)NC1COCC1Cc1ccnc2ccccc12. The molecule has 4 rings (SSSR count). The van der Waals surface area contributed by atoms with Crippen molar-refractivity contribution in [3.05, 3.63) is 60.3 Å². The first-order valence-corrected chi connectivity index (χ1v) is 9.38. The topological polar surface area (TPSA) is 69.0 Å². The number of carbonyl (C=O) groups is 1. The largest absolute Gasteiger partial charge is 0.379 e. The van der Waals surface area contributed by atoms with E-state index in [2.05, 4.69) is 27.4 Å². The number of amides is 1. The van der Waals surface area contributed by atoms with Crippen LogP contribution in [0.4, 0.5) is 0 Å². The van der Waals surface area contributed by atoms with Gasteiger partial charge in [-0.1, -0.05) is 18.2 Å². The summed E-state index contributed by atoms with van der Waals surface area (Å²) in [7, 11) is 0. The first-order valence-electron chi connectivity index (χ1n) is 9.38. The van der Waals surface area contributed by atoms with E-state index < -0.39 is 0 Å². The highest BCUT2D eigenvalue weighted by Gasteiger charge is 2.30. The number of ether oxygens (including phenoxy) is 1. The number of imidazole rings is 1. The van der Waals surface area contributed by atoms with Crippen molar-refractivity contribution in [3.8, 4) is 0 Å². The number of nitrogens with one attached hydrogen (secondary N) is 1. The number of rotatable bonds is 6. The Kier molecular flexibility index (Phi) is 5.16. The Hall–Kier alpha value is -2.73. The van der Waals surface area contributed by atoms with Crippen molar-refractivity contribution in [1.82, 2.24) is 19.9 Å². The van der Waals surface area contributed by atoms with Crippen LogP contribution in [0.1, 0.15) is 17.8 Å². The molecule has 1 saturated heterocycles. The van der Waals surface area contributed by atoms with Crippen LogP contribution in [-0.4, -0.2) is 39.7 Å². The van der Waals surface area contributed by atoms with Crippen LogP contribution >= 0.6 is 0 Å². The van der Waals surface area contributed by atoms with Crippen molar-refractivity contribution in [2.24, 2.45) is 5.92 Å². The number of hydrogen-bond donors (Lipinski definition) is 1. The molecule has 6 heteroatoms. The zero-order valence-electron chi connectivity index (χ0n) is 15.5. The molecule has 6 nitrogen and oxygen atoms in total. The molecule has 2 aromatic heterocycles. The first kappa shape index (κ1) is 17.7. The monoisotopic (exact) mass is 364 g/mol. The average molecular weight is 364 g/mol. The van der Waals surface area contributed by atoms with Gasteiger partial charge in [0.15, 0.2) is 0 Å². The molecule has 1 N–H and O–H groups in total. The highest BCUT2D eigenvalue weighted by atomic mass is 16.5. The van der Waals surface area contributed by atoms with Gasteiger partial charge in [-0.3, -0.25) is 9.78 Å². The van der Waals surface area contributed by atoms with Crippen LogP contribution in [0.25, 0.3) is 10.9 Å². The van der Waals surface area contributed by atoms with Crippen molar-refractivity contribution in [2.45, 2.75) is 32.4 Å². The summed E-state index contributed by atoms with van der Waals surface area (Å²) in [4.78, 5) is 21.0. The molecule has 0 spiro atoms. The van der Waals surface area contributed by atoms with Crippen molar-refractivity contribution in [1.29, 1.82) is 0 Å². The van der Waals surface area contributed by atoms with Crippen LogP contribution in [-0.2, 0) is 22.5 Å². The number of aromatic nitrogens is 3. The molecule has 2 atom stereocenters. The number of pyridine rings is 1. The van der Waals surface area contributed by atoms with Crippen molar-refractivity contribution < 1.29 is 9.53 Å². The normalized spacial score (nSPS) is 19.4. The van der Waals surface area contributed by atoms with Gasteiger partial charge in [0.25, 0.3) is 0 Å². The minimum Gasteiger partial charge on any atom is -0.379 e. The third kappa shape index (κ3) is 4.01. The molecular weight excluding hydrogens is 340 g/mol. The molecule has 0 radical (unpaired) electrons. The molecule has 1 aliphatic heterocycles. The second-order valence-corrected chi connectivity index (χ2v) is 7.08. The fourth-order valence-electron chi connectivity index (χ4n) is 3.72. The molecule has 27 heavy (non-hydrogen) atoms. The van der Waals surface area contributed by atoms with E-state index in [-0.39, 0.29) is 17.9 Å². The lowest BCUT2D eigenvalue weighted by atomic mass is 9.93. The fraction of sp³-hybridized carbons (Fsp3) is 0.381. The van der Waals surface area contributed by atoms with Gasteiger partial charge in [-0.2, -0.15) is 0 Å². The zero-order chi connectivity index (χ0) is 18.6. The van der Waals surface area contributed by atoms with Gasteiger partial charge in [0, 0.05) is 42.9 Å². The summed E-state index contributed by atoms with van der Waals surface area (Å²) >= 11 is 0. The van der Waals surface area contributed by atoms with Gasteiger partial charge < -0.3 is 14.6 Å². The molecule has 0 bridgehead atoms. The standard InChI is InChI=1S/C21H24N4O2/c1-15-22-9-11-25(15)10-7-21(26)24-20-14-27-13-17(20)12-16-6-8-23-19-5-3-2-4-18(16)19/h2-6,8-9,11,17,20H,7,10,12-14H2,1H3,(H,24,26). The molecule has 1 aromatic carbocycles. The molecule has 3 heterocycles. The van der Waals surface area contributed by atoms with E-state index in [1.54, 1.807) is 6.20 Å². The Bertz CT molecular complexity index is 931. The summed E-state index contributed by atoms with van der Waals surface area (Å²) < 4.78 is 7.67. The summed E-state index contributed by atoms with van der Waals surface area (Å²) in [6.07, 6.45) is 6.83. The van der Waals surface area contributed by atoms with Crippen LogP contribution in [0.15, 0.2) is 48.9 Å². The van der Waals surface area contributed by atoms with Gasteiger partial charge in [-0.05, 0) is 31.0 Å². The van der Waals surface area contributed by atoms with Crippen molar-refractivity contribution >= 4 is 16.8 Å². The lowest BCUT2D eigenvalue weighted by Gasteiger charge is -2.20. The van der Waals surface area contributed by atoms with E-state index >= 15 is 0 Å². The fourth-order valence-corrected chi connectivity index (χ4v) is 3.72. The quantitative estimate of drug-likeness (QED) is 0.730. The van der Waals surface area contributed by atoms with Crippen molar-refractivity contribution in [2.75, 3.05) is 13.2 Å². The second kappa shape index (κ2) is 7.88. The van der Waals surface area contributed by atoms with Gasteiger partial charge in [0.2, 0.25) is 5.91 Å². The Labute approximate surface area is 158 Å². The number of hydrogen-bond acceptors (Lipinski definition) is 4. The highest BCUT2D eigenvalue weighted by Crippen LogP contribution is 2.24. The summed E-state index contributed by atoms with van der Waals surface area (Å²) in [5.41, 5.74) is 2.26. The van der Waals surface area contributed by atoms with Gasteiger partial charge in [0.05, 0.1) is 24.8 Å². The van der Waals surface area contributed by atoms with Gasteiger partial charge in [0.1, 0.15) is 5.82 Å². The third-order valence-corrected chi connectivity index (χ3v) is 5.27. The lowest BCUT2D eigenvalue weighted by Crippen LogP contribution is -2.40. The smallest absolute Gasteiger partial charge is 0.222 e. The summed E-state index contributed by atoms with van der Waals surface area (Å²) in [6, 6.07) is 10.3. The van der Waals surface area contributed by atoms with E-state index in [1.165, 1.54) is 10.9 Å². The summed E-state index contributed by atoms with van der Waals surface area (Å²) in [5.74, 6) is 1.26. The van der Waals surface area contributed by atoms with Gasteiger partial charge >= 0.3 is 0 Å². The predicted octanol–water partition coefficient (Wildman–Crippen LogP) is 2.50. The summed E-state index contributed by atoms with van der Waals surface area (Å²) in [5, 5.41) is 4.34. The van der Waals surface area contributed by atoms with Crippen LogP contribution in [0.2, 0.25) is 0 Å². The molecule has 1 fully saturated rings. The van der Waals surface area contributed by atoms with Gasteiger partial charge in [-0.15, -0.1) is 0 Å². The number of nitrogens with zero attached hydrogens (tertiary/aromatic N) is 3. The first-order chi connectivity index (χ1) is 13.2. The van der Waals surface area contributed by atoms with Crippen molar-refractivity contribution in [3.63, 3.8) is 0 Å². The molecular formula is C21H24N4O2. The summed E-state index contributed by atoms with van der Waals surface area (Å²) in [6.45, 7) is 3.83. The second-order valence-electron chi connectivity index (χ2n) is 7.08. The maximum absolute atomic E-state index is 12.4. The molecule has 0 aliphatic carbocycles. The van der Waals surface area contributed by atoms with Crippen LogP contribution in [0, 0.1) is 12.8 Å². The number of para-hydroxylation sites is 1. The molecule has 2 unspecified atom stereocenters. The lowest BCUT2D eigenvalue weighted by molar-refractivity contribution is -0.122. The van der Waals surface area contributed by atoms with Crippen LogP contribution < -0.4 is 5.32 Å². The Morgan fingerprint density at radius 1 is 1.22 bits per heavy atom. The molecule has 3 aromatic rings. The van der Waals surface area contributed by atoms with E-state index in [0.717, 1.165) is 17.8 Å². The number of carbonyl (C=O) groups excluding carboxylic acids is 1. The predicted molar refractivity (Wildman–Crippen MR) is 103 cm³/mol. The Balaban J connectivity index is 1.38. The molecule has 140 valence electrons. The minimum atomic E-state index is 0.0494. The van der Waals surface area contributed by atoms with Gasteiger partial charge in [-0.25, -0.2) is 4.98 Å². The zero-order valence-corrected chi connectivity index (χ0v) is 15.5.